The first-order valence-electron chi connectivity index (χ1n) is 8.29. The Morgan fingerprint density at radius 1 is 1.44 bits per heavy atom. The molecule has 0 saturated carbocycles. The molecule has 0 unspecified atom stereocenters. The first-order valence-corrected chi connectivity index (χ1v) is 8.29. The highest BCUT2D eigenvalue weighted by Crippen LogP contribution is 2.35. The molecule has 0 radical (unpaired) electrons. The van der Waals surface area contributed by atoms with Crippen LogP contribution in [0.5, 0.6) is 5.88 Å². The molecular formula is C17H24F3N3O2. The summed E-state index contributed by atoms with van der Waals surface area (Å²) in [6, 6.07) is 2.49. The fourth-order valence-corrected chi connectivity index (χ4v) is 2.68. The van der Waals surface area contributed by atoms with Gasteiger partial charge in [-0.25, -0.2) is 4.98 Å². The van der Waals surface area contributed by atoms with Crippen molar-refractivity contribution in [3.05, 3.63) is 23.9 Å². The first-order chi connectivity index (χ1) is 11.6. The Morgan fingerprint density at radius 2 is 2.16 bits per heavy atom. The number of pyridine rings is 1. The first kappa shape index (κ1) is 19.5. The van der Waals surface area contributed by atoms with Crippen LogP contribution >= 0.6 is 0 Å². The van der Waals surface area contributed by atoms with Gasteiger partial charge in [-0.15, -0.1) is 0 Å². The molecule has 0 spiro atoms. The summed E-state index contributed by atoms with van der Waals surface area (Å²) in [7, 11) is 0. The van der Waals surface area contributed by atoms with Gasteiger partial charge in [0.15, 0.2) is 0 Å². The van der Waals surface area contributed by atoms with Crippen LogP contribution in [0.25, 0.3) is 0 Å². The van der Waals surface area contributed by atoms with Crippen molar-refractivity contribution in [2.75, 3.05) is 13.2 Å². The van der Waals surface area contributed by atoms with E-state index in [4.69, 9.17) is 4.74 Å². The zero-order valence-corrected chi connectivity index (χ0v) is 14.6. The number of rotatable bonds is 5. The van der Waals surface area contributed by atoms with Gasteiger partial charge < -0.3 is 15.4 Å². The van der Waals surface area contributed by atoms with Crippen LogP contribution in [0.1, 0.15) is 39.2 Å². The zero-order valence-electron chi connectivity index (χ0n) is 14.6. The summed E-state index contributed by atoms with van der Waals surface area (Å²) in [6.45, 7) is 5.96. The van der Waals surface area contributed by atoms with E-state index in [0.717, 1.165) is 25.5 Å². The molecule has 1 aromatic rings. The van der Waals surface area contributed by atoms with Crippen molar-refractivity contribution in [1.82, 2.24) is 15.6 Å². The van der Waals surface area contributed by atoms with Crippen LogP contribution in [-0.2, 0) is 11.0 Å². The fraction of sp³-hybridized carbons (Fsp3) is 0.647. The third kappa shape index (κ3) is 5.32. The number of carbonyl (C=O) groups excluding carboxylic acids is 1. The molecule has 1 aliphatic rings. The van der Waals surface area contributed by atoms with Crippen molar-refractivity contribution in [3.8, 4) is 5.88 Å². The standard InChI is InChI=1S/C17H24F3N3O2/c1-11-9-12(6-8-21-11)23-15(24)16(2,3)10-25-14-13(17(18,19)20)5-4-7-22-14/h4-5,7,11-12,21H,6,8-10H2,1-3H3,(H,23,24)/t11-,12+/m1/s1. The van der Waals surface area contributed by atoms with Crippen LogP contribution < -0.4 is 15.4 Å². The molecular weight excluding hydrogens is 335 g/mol. The molecule has 1 aromatic heterocycles. The lowest BCUT2D eigenvalue weighted by molar-refractivity contribution is -0.139. The number of amides is 1. The molecule has 140 valence electrons. The maximum absolute atomic E-state index is 13.0. The lowest BCUT2D eigenvalue weighted by Crippen LogP contribution is -2.51. The zero-order chi connectivity index (χ0) is 18.7. The van der Waals surface area contributed by atoms with Gasteiger partial charge in [0, 0.05) is 18.3 Å². The van der Waals surface area contributed by atoms with E-state index in [2.05, 4.69) is 15.6 Å². The molecule has 1 fully saturated rings. The summed E-state index contributed by atoms with van der Waals surface area (Å²) in [5.41, 5.74) is -1.92. The van der Waals surface area contributed by atoms with E-state index in [1.54, 1.807) is 13.8 Å². The van der Waals surface area contributed by atoms with Gasteiger partial charge in [-0.2, -0.15) is 13.2 Å². The smallest absolute Gasteiger partial charge is 0.421 e. The number of nitrogens with zero attached hydrogens (tertiary/aromatic N) is 1. The van der Waals surface area contributed by atoms with Gasteiger partial charge in [-0.1, -0.05) is 0 Å². The Hall–Kier alpha value is -1.83. The minimum absolute atomic E-state index is 0.0589. The van der Waals surface area contributed by atoms with Crippen LogP contribution in [0.2, 0.25) is 0 Å². The number of alkyl halides is 3. The molecule has 5 nitrogen and oxygen atoms in total. The summed E-state index contributed by atoms with van der Waals surface area (Å²) in [6.07, 6.45) is -1.68. The third-order valence-corrected chi connectivity index (χ3v) is 4.22. The molecule has 0 bridgehead atoms. The summed E-state index contributed by atoms with van der Waals surface area (Å²) in [5, 5.41) is 6.27. The number of hydrogen-bond acceptors (Lipinski definition) is 4. The summed E-state index contributed by atoms with van der Waals surface area (Å²) < 4.78 is 44.2. The van der Waals surface area contributed by atoms with Crippen LogP contribution in [0.3, 0.4) is 0 Å². The molecule has 25 heavy (non-hydrogen) atoms. The number of ether oxygens (including phenoxy) is 1. The van der Waals surface area contributed by atoms with Crippen LogP contribution in [0.4, 0.5) is 13.2 Å². The number of aromatic nitrogens is 1. The predicted molar refractivity (Wildman–Crippen MR) is 87.1 cm³/mol. The Morgan fingerprint density at radius 3 is 2.80 bits per heavy atom. The van der Waals surface area contributed by atoms with E-state index < -0.39 is 23.0 Å². The van der Waals surface area contributed by atoms with Crippen molar-refractivity contribution >= 4 is 5.91 Å². The van der Waals surface area contributed by atoms with Gasteiger partial charge >= 0.3 is 6.18 Å². The molecule has 2 N–H and O–H groups in total. The van der Waals surface area contributed by atoms with Crippen LogP contribution in [0.15, 0.2) is 18.3 Å². The third-order valence-electron chi connectivity index (χ3n) is 4.22. The van der Waals surface area contributed by atoms with Crippen molar-refractivity contribution in [2.24, 2.45) is 5.41 Å². The van der Waals surface area contributed by atoms with Crippen molar-refractivity contribution in [3.63, 3.8) is 0 Å². The SMILES string of the molecule is C[C@@H]1C[C@@H](NC(=O)C(C)(C)COc2ncccc2C(F)(F)F)CCN1. The van der Waals surface area contributed by atoms with Gasteiger partial charge in [0.1, 0.15) is 12.2 Å². The predicted octanol–water partition coefficient (Wildman–Crippen LogP) is 2.76. The molecule has 1 aliphatic heterocycles. The Bertz CT molecular complexity index is 605. The maximum atomic E-state index is 13.0. The monoisotopic (exact) mass is 359 g/mol. The van der Waals surface area contributed by atoms with Crippen LogP contribution in [0, 0.1) is 5.41 Å². The van der Waals surface area contributed by atoms with Gasteiger partial charge in [-0.05, 0) is 52.3 Å². The van der Waals surface area contributed by atoms with E-state index in [1.165, 1.54) is 12.3 Å². The normalized spacial score (nSPS) is 21.7. The van der Waals surface area contributed by atoms with E-state index in [-0.39, 0.29) is 18.6 Å². The highest BCUT2D eigenvalue weighted by molar-refractivity contribution is 5.82. The number of hydrogen-bond donors (Lipinski definition) is 2. The summed E-state index contributed by atoms with van der Waals surface area (Å²) >= 11 is 0. The van der Waals surface area contributed by atoms with Gasteiger partial charge in [0.25, 0.3) is 0 Å². The minimum Gasteiger partial charge on any atom is -0.476 e. The second kappa shape index (κ2) is 7.59. The molecule has 0 aromatic carbocycles. The van der Waals surface area contributed by atoms with E-state index >= 15 is 0 Å². The molecule has 0 aliphatic carbocycles. The Labute approximate surface area is 145 Å². The van der Waals surface area contributed by atoms with Gasteiger partial charge in [0.05, 0.1) is 5.41 Å². The minimum atomic E-state index is -4.55. The lowest BCUT2D eigenvalue weighted by Gasteiger charge is -2.32. The van der Waals surface area contributed by atoms with Gasteiger partial charge in [0.2, 0.25) is 11.8 Å². The number of halogens is 3. The molecule has 2 atom stereocenters. The summed E-state index contributed by atoms with van der Waals surface area (Å²) in [5.74, 6) is -0.748. The largest absolute Gasteiger partial charge is 0.476 e. The Balaban J connectivity index is 1.98. The van der Waals surface area contributed by atoms with E-state index in [0.29, 0.717) is 6.04 Å². The highest BCUT2D eigenvalue weighted by atomic mass is 19.4. The van der Waals surface area contributed by atoms with Crippen LogP contribution in [-0.4, -0.2) is 36.1 Å². The molecule has 1 saturated heterocycles. The lowest BCUT2D eigenvalue weighted by atomic mass is 9.91. The quantitative estimate of drug-likeness (QED) is 0.849. The number of piperidine rings is 1. The molecule has 2 heterocycles. The highest BCUT2D eigenvalue weighted by Gasteiger charge is 2.37. The fourth-order valence-electron chi connectivity index (χ4n) is 2.68. The van der Waals surface area contributed by atoms with Crippen molar-refractivity contribution in [2.45, 2.75) is 51.9 Å². The number of nitrogens with one attached hydrogen (secondary N) is 2. The summed E-state index contributed by atoms with van der Waals surface area (Å²) in [4.78, 5) is 16.1. The molecule has 1 amide bonds. The van der Waals surface area contributed by atoms with E-state index in [9.17, 15) is 18.0 Å². The van der Waals surface area contributed by atoms with E-state index in [1.807, 2.05) is 6.92 Å². The second-order valence-corrected chi connectivity index (χ2v) is 7.08. The molecule has 8 heteroatoms. The maximum Gasteiger partial charge on any atom is 0.421 e. The Kier molecular flexibility index (Phi) is 5.92. The topological polar surface area (TPSA) is 63.2 Å². The number of carbonyl (C=O) groups is 1. The average molecular weight is 359 g/mol. The molecule has 2 rings (SSSR count). The second-order valence-electron chi connectivity index (χ2n) is 7.08. The average Bonchev–Trinajstić information content (AvgIpc) is 2.52. The van der Waals surface area contributed by atoms with Gasteiger partial charge in [-0.3, -0.25) is 4.79 Å². The van der Waals surface area contributed by atoms with Crippen molar-refractivity contribution < 1.29 is 22.7 Å². The van der Waals surface area contributed by atoms with Crippen molar-refractivity contribution in [1.29, 1.82) is 0 Å².